The van der Waals surface area contributed by atoms with Crippen LogP contribution in [0.25, 0.3) is 0 Å². The Kier molecular flexibility index (Phi) is 9.99. The number of nitrogens with one attached hydrogen (secondary N) is 1. The Morgan fingerprint density at radius 2 is 1.61 bits per heavy atom. The Bertz CT molecular complexity index is 1430. The third kappa shape index (κ3) is 7.43. The highest BCUT2D eigenvalue weighted by Crippen LogP contribution is 2.27. The molecule has 3 aromatic carbocycles. The molecular weight excluding hydrogens is 545 g/mol. The van der Waals surface area contributed by atoms with Crippen LogP contribution >= 0.6 is 0 Å². The lowest BCUT2D eigenvalue weighted by atomic mass is 10.1. The largest absolute Gasteiger partial charge is 0.494 e. The lowest BCUT2D eigenvalue weighted by Crippen LogP contribution is -2.52. The molecule has 0 saturated heterocycles. The molecule has 0 spiro atoms. The number of sulfonamides is 1. The molecule has 1 aliphatic rings. The van der Waals surface area contributed by atoms with Gasteiger partial charge in [0.1, 0.15) is 24.2 Å². The summed E-state index contributed by atoms with van der Waals surface area (Å²) in [6, 6.07) is 19.3. The Labute approximate surface area is 241 Å². The van der Waals surface area contributed by atoms with E-state index in [0.717, 1.165) is 30.0 Å². The number of rotatable bonds is 12. The van der Waals surface area contributed by atoms with Gasteiger partial charge in [0.2, 0.25) is 11.8 Å². The molecule has 0 aliphatic heterocycles. The predicted molar refractivity (Wildman–Crippen MR) is 155 cm³/mol. The molecule has 2 amide bonds. The summed E-state index contributed by atoms with van der Waals surface area (Å²) < 4.78 is 48.9. The van der Waals surface area contributed by atoms with E-state index in [-0.39, 0.29) is 34.6 Å². The zero-order valence-corrected chi connectivity index (χ0v) is 24.1. The molecule has 4 rings (SSSR count). The number of amides is 2. The van der Waals surface area contributed by atoms with Gasteiger partial charge in [-0.15, -0.1) is 0 Å². The summed E-state index contributed by atoms with van der Waals surface area (Å²) in [5.41, 5.74) is 0.472. The van der Waals surface area contributed by atoms with Gasteiger partial charge in [-0.05, 0) is 69.2 Å². The van der Waals surface area contributed by atoms with E-state index < -0.39 is 34.3 Å². The highest BCUT2D eigenvalue weighted by molar-refractivity contribution is 7.92. The maximum atomic E-state index is 14.7. The number of hydrogen-bond acceptors (Lipinski definition) is 5. The van der Waals surface area contributed by atoms with Gasteiger partial charge in [-0.3, -0.25) is 13.9 Å². The summed E-state index contributed by atoms with van der Waals surface area (Å²) in [6.45, 7) is 3.06. The fourth-order valence-electron chi connectivity index (χ4n) is 4.91. The number of nitrogens with zero attached hydrogens (tertiary/aromatic N) is 2. The molecule has 8 nitrogen and oxygen atoms in total. The van der Waals surface area contributed by atoms with Gasteiger partial charge in [0.05, 0.1) is 17.2 Å². The number of ether oxygens (including phenoxy) is 1. The van der Waals surface area contributed by atoms with Crippen molar-refractivity contribution in [2.75, 3.05) is 17.5 Å². The molecule has 41 heavy (non-hydrogen) atoms. The second kappa shape index (κ2) is 13.6. The van der Waals surface area contributed by atoms with Gasteiger partial charge in [0.25, 0.3) is 10.0 Å². The Morgan fingerprint density at radius 3 is 2.24 bits per heavy atom. The van der Waals surface area contributed by atoms with Crippen LogP contribution in [-0.4, -0.2) is 50.4 Å². The third-order valence-corrected chi connectivity index (χ3v) is 9.00. The summed E-state index contributed by atoms with van der Waals surface area (Å²) >= 11 is 0. The van der Waals surface area contributed by atoms with E-state index in [1.54, 1.807) is 67.6 Å². The quantitative estimate of drug-likeness (QED) is 0.329. The molecule has 0 aromatic heterocycles. The van der Waals surface area contributed by atoms with Gasteiger partial charge in [-0.25, -0.2) is 12.8 Å². The van der Waals surface area contributed by atoms with Crippen LogP contribution in [0.5, 0.6) is 5.75 Å². The van der Waals surface area contributed by atoms with Crippen LogP contribution in [0.15, 0.2) is 83.8 Å². The number of halogens is 1. The van der Waals surface area contributed by atoms with Crippen molar-refractivity contribution in [2.45, 2.75) is 63.1 Å². The van der Waals surface area contributed by atoms with Crippen molar-refractivity contribution in [3.8, 4) is 5.75 Å². The second-order valence-corrected chi connectivity index (χ2v) is 11.9. The van der Waals surface area contributed by atoms with Gasteiger partial charge in [-0.1, -0.05) is 49.2 Å². The first kappa shape index (κ1) is 30.0. The minimum absolute atomic E-state index is 0.00867. The summed E-state index contributed by atoms with van der Waals surface area (Å²) in [6.07, 6.45) is 3.76. The van der Waals surface area contributed by atoms with E-state index in [4.69, 9.17) is 4.74 Å². The van der Waals surface area contributed by atoms with E-state index >= 15 is 0 Å². The van der Waals surface area contributed by atoms with Crippen LogP contribution < -0.4 is 14.4 Å². The molecule has 0 bridgehead atoms. The van der Waals surface area contributed by atoms with E-state index in [1.165, 1.54) is 23.1 Å². The minimum Gasteiger partial charge on any atom is -0.494 e. The molecule has 1 atom stereocenters. The zero-order chi connectivity index (χ0) is 29.4. The second-order valence-electron chi connectivity index (χ2n) is 10.0. The molecule has 3 aromatic rings. The van der Waals surface area contributed by atoms with Gasteiger partial charge >= 0.3 is 0 Å². The van der Waals surface area contributed by atoms with E-state index in [0.29, 0.717) is 12.4 Å². The molecule has 0 heterocycles. The zero-order valence-electron chi connectivity index (χ0n) is 23.3. The maximum Gasteiger partial charge on any atom is 0.264 e. The molecule has 1 saturated carbocycles. The van der Waals surface area contributed by atoms with Gasteiger partial charge < -0.3 is 15.0 Å². The number of benzene rings is 3. The summed E-state index contributed by atoms with van der Waals surface area (Å²) in [5, 5.41) is 3.00. The molecule has 10 heteroatoms. The summed E-state index contributed by atoms with van der Waals surface area (Å²) in [4.78, 5) is 28.5. The smallest absolute Gasteiger partial charge is 0.264 e. The molecular formula is C31H36FN3O5S. The van der Waals surface area contributed by atoms with Crippen molar-refractivity contribution in [1.82, 2.24) is 10.2 Å². The molecule has 0 unspecified atom stereocenters. The molecule has 1 N–H and O–H groups in total. The first-order valence-electron chi connectivity index (χ1n) is 13.8. The summed E-state index contributed by atoms with van der Waals surface area (Å²) in [5.74, 6) is -0.970. The van der Waals surface area contributed by atoms with Crippen LogP contribution in [0.1, 0.15) is 45.1 Å². The number of hydrogen-bond donors (Lipinski definition) is 1. The molecule has 1 aliphatic carbocycles. The monoisotopic (exact) mass is 581 g/mol. The fraction of sp³-hybridized carbons (Fsp3) is 0.355. The molecule has 1 fully saturated rings. The first-order chi connectivity index (χ1) is 19.7. The van der Waals surface area contributed by atoms with Crippen LogP contribution in [0.2, 0.25) is 0 Å². The van der Waals surface area contributed by atoms with Crippen LogP contribution in [-0.2, 0) is 26.2 Å². The third-order valence-electron chi connectivity index (χ3n) is 7.21. The Balaban J connectivity index is 1.68. The molecule has 218 valence electrons. The first-order valence-corrected chi connectivity index (χ1v) is 15.3. The fourth-order valence-corrected chi connectivity index (χ4v) is 6.34. The molecule has 0 radical (unpaired) electrons. The van der Waals surface area contributed by atoms with Gasteiger partial charge in [0, 0.05) is 18.2 Å². The van der Waals surface area contributed by atoms with Crippen molar-refractivity contribution in [3.63, 3.8) is 0 Å². The lowest BCUT2D eigenvalue weighted by molar-refractivity contribution is -0.139. The number of carbonyl (C=O) groups excluding carboxylic acids is 2. The van der Waals surface area contributed by atoms with Crippen LogP contribution in [0.4, 0.5) is 10.1 Å². The van der Waals surface area contributed by atoms with E-state index in [1.807, 2.05) is 6.92 Å². The predicted octanol–water partition coefficient (Wildman–Crippen LogP) is 4.90. The standard InChI is InChI=1S/C31H36FN3O5S/c1-3-40-27-19-17-26(18-20-27)35(41(38,39)28-14-5-4-6-15-28)22-30(36)34(21-24-11-7-10-16-29(24)32)23(2)31(37)33-25-12-8-9-13-25/h4-7,10-11,14-20,23,25H,3,8-9,12-13,21-22H2,1-2H3,(H,33,37)/t23-/m0/s1. The van der Waals surface area contributed by atoms with E-state index in [9.17, 15) is 22.4 Å². The van der Waals surface area contributed by atoms with Crippen LogP contribution in [0.3, 0.4) is 0 Å². The SMILES string of the molecule is CCOc1ccc(N(CC(=O)N(Cc2ccccc2F)[C@@H](C)C(=O)NC2CCCC2)S(=O)(=O)c2ccccc2)cc1. The van der Waals surface area contributed by atoms with Gasteiger partial charge in [0.15, 0.2) is 0 Å². The maximum absolute atomic E-state index is 14.7. The summed E-state index contributed by atoms with van der Waals surface area (Å²) in [7, 11) is -4.18. The Hall–Kier alpha value is -3.92. The number of carbonyl (C=O) groups is 2. The van der Waals surface area contributed by atoms with Crippen molar-refractivity contribution in [3.05, 3.63) is 90.2 Å². The average molecular weight is 582 g/mol. The highest BCUT2D eigenvalue weighted by atomic mass is 32.2. The van der Waals surface area contributed by atoms with Crippen molar-refractivity contribution in [2.24, 2.45) is 0 Å². The van der Waals surface area contributed by atoms with E-state index in [2.05, 4.69) is 5.32 Å². The van der Waals surface area contributed by atoms with Crippen molar-refractivity contribution < 1.29 is 27.1 Å². The minimum atomic E-state index is -4.18. The van der Waals surface area contributed by atoms with Crippen LogP contribution in [0, 0.1) is 5.82 Å². The highest BCUT2D eigenvalue weighted by Gasteiger charge is 2.33. The van der Waals surface area contributed by atoms with Crippen molar-refractivity contribution in [1.29, 1.82) is 0 Å². The number of anilines is 1. The Morgan fingerprint density at radius 1 is 0.976 bits per heavy atom. The topological polar surface area (TPSA) is 96.0 Å². The average Bonchev–Trinajstić information content (AvgIpc) is 3.49. The van der Waals surface area contributed by atoms with Crippen molar-refractivity contribution >= 4 is 27.5 Å². The lowest BCUT2D eigenvalue weighted by Gasteiger charge is -2.32. The van der Waals surface area contributed by atoms with Gasteiger partial charge in [-0.2, -0.15) is 0 Å². The normalized spacial score (nSPS) is 14.3.